The first-order valence-electron chi connectivity index (χ1n) is 5.92. The molecule has 0 aliphatic carbocycles. The number of benzene rings is 1. The summed E-state index contributed by atoms with van der Waals surface area (Å²) in [4.78, 5) is 12.5. The molecule has 6 heteroatoms. The lowest BCUT2D eigenvalue weighted by Crippen LogP contribution is -2.28. The van der Waals surface area contributed by atoms with Gasteiger partial charge >= 0.3 is 0 Å². The molecule has 3 nitrogen and oxygen atoms in total. The Morgan fingerprint density at radius 2 is 2.05 bits per heavy atom. The van der Waals surface area contributed by atoms with E-state index in [4.69, 9.17) is 27.9 Å². The van der Waals surface area contributed by atoms with Gasteiger partial charge in [-0.3, -0.25) is 4.79 Å². The summed E-state index contributed by atoms with van der Waals surface area (Å²) in [6.07, 6.45) is -0.289. The summed E-state index contributed by atoms with van der Waals surface area (Å²) in [5.41, 5.74) is 0.848. The van der Waals surface area contributed by atoms with Crippen molar-refractivity contribution >= 4 is 40.4 Å². The monoisotopic (exact) mass is 329 g/mol. The van der Waals surface area contributed by atoms with Crippen molar-refractivity contribution in [1.29, 1.82) is 0 Å². The molecule has 0 bridgehead atoms. The van der Waals surface area contributed by atoms with E-state index >= 15 is 0 Å². The first-order chi connectivity index (χ1) is 9.61. The van der Waals surface area contributed by atoms with Gasteiger partial charge in [0.25, 0.3) is 5.91 Å². The van der Waals surface area contributed by atoms with Crippen LogP contribution in [0.4, 0.5) is 0 Å². The fraction of sp³-hybridized carbons (Fsp3) is 0.214. The Labute approximate surface area is 131 Å². The number of amides is 1. The number of carbonyl (C=O) groups excluding carboxylic acids is 1. The van der Waals surface area contributed by atoms with E-state index in [-0.39, 0.29) is 12.0 Å². The lowest BCUT2D eigenvalue weighted by Gasteiger charge is -2.17. The standard InChI is InChI=1S/C14H13Cl2NO2S/c1-19-11(9-4-2-3-5-10(9)15)8-17-14(18)12-6-7-13(16)20-12/h2-7,11H,8H2,1H3,(H,17,18)/t11-/m1/s1. The maximum atomic E-state index is 11.9. The highest BCUT2D eigenvalue weighted by molar-refractivity contribution is 7.17. The van der Waals surface area contributed by atoms with E-state index in [2.05, 4.69) is 5.32 Å². The molecule has 0 saturated carbocycles. The topological polar surface area (TPSA) is 38.3 Å². The van der Waals surface area contributed by atoms with Gasteiger partial charge in [-0.25, -0.2) is 0 Å². The molecule has 1 aromatic carbocycles. The van der Waals surface area contributed by atoms with Crippen LogP contribution in [0.5, 0.6) is 0 Å². The summed E-state index contributed by atoms with van der Waals surface area (Å²) in [7, 11) is 1.59. The molecule has 0 unspecified atom stereocenters. The molecule has 0 saturated heterocycles. The van der Waals surface area contributed by atoms with Crippen molar-refractivity contribution in [3.8, 4) is 0 Å². The molecule has 1 heterocycles. The second-order valence-electron chi connectivity index (χ2n) is 4.06. The molecule has 20 heavy (non-hydrogen) atoms. The summed E-state index contributed by atoms with van der Waals surface area (Å²) in [6, 6.07) is 10.8. The first-order valence-corrected chi connectivity index (χ1v) is 7.50. The zero-order valence-corrected chi connectivity index (χ0v) is 13.1. The zero-order chi connectivity index (χ0) is 14.5. The van der Waals surface area contributed by atoms with Crippen molar-refractivity contribution < 1.29 is 9.53 Å². The van der Waals surface area contributed by atoms with Crippen molar-refractivity contribution in [2.45, 2.75) is 6.10 Å². The van der Waals surface area contributed by atoms with E-state index in [1.165, 1.54) is 11.3 Å². The van der Waals surface area contributed by atoms with Gasteiger partial charge in [0, 0.05) is 24.2 Å². The number of ether oxygens (including phenoxy) is 1. The Morgan fingerprint density at radius 3 is 2.65 bits per heavy atom. The minimum Gasteiger partial charge on any atom is -0.375 e. The zero-order valence-electron chi connectivity index (χ0n) is 10.7. The van der Waals surface area contributed by atoms with Crippen LogP contribution in [0, 0.1) is 0 Å². The number of hydrogen-bond donors (Lipinski definition) is 1. The van der Waals surface area contributed by atoms with Crippen molar-refractivity contribution in [3.05, 3.63) is 56.2 Å². The highest BCUT2D eigenvalue weighted by atomic mass is 35.5. The Balaban J connectivity index is 2.01. The van der Waals surface area contributed by atoms with Gasteiger partial charge in [0.05, 0.1) is 9.21 Å². The van der Waals surface area contributed by atoms with Gasteiger partial charge in [-0.05, 0) is 18.2 Å². The predicted octanol–water partition coefficient (Wildman–Crippen LogP) is 4.17. The summed E-state index contributed by atoms with van der Waals surface area (Å²) in [5, 5.41) is 3.44. The van der Waals surface area contributed by atoms with E-state index in [0.29, 0.717) is 20.8 Å². The number of hydrogen-bond acceptors (Lipinski definition) is 3. The third-order valence-corrected chi connectivity index (χ3v) is 4.36. The Bertz CT molecular complexity index is 600. The second kappa shape index (κ2) is 7.09. The molecule has 1 N–H and O–H groups in total. The lowest BCUT2D eigenvalue weighted by molar-refractivity contribution is 0.0831. The van der Waals surface area contributed by atoms with Crippen LogP contribution < -0.4 is 5.32 Å². The molecule has 0 fully saturated rings. The molecule has 0 spiro atoms. The van der Waals surface area contributed by atoms with Crippen LogP contribution in [-0.2, 0) is 4.74 Å². The summed E-state index contributed by atoms with van der Waals surface area (Å²) in [6.45, 7) is 0.342. The molecule has 0 aliphatic heterocycles. The summed E-state index contributed by atoms with van der Waals surface area (Å²) >= 11 is 13.2. The second-order valence-corrected chi connectivity index (χ2v) is 6.18. The van der Waals surface area contributed by atoms with Crippen LogP contribution >= 0.6 is 34.5 Å². The maximum absolute atomic E-state index is 11.9. The number of thiophene rings is 1. The molecular weight excluding hydrogens is 317 g/mol. The lowest BCUT2D eigenvalue weighted by atomic mass is 10.1. The van der Waals surface area contributed by atoms with Gasteiger partial charge < -0.3 is 10.1 Å². The van der Waals surface area contributed by atoms with Gasteiger partial charge in [-0.15, -0.1) is 11.3 Å². The fourth-order valence-corrected chi connectivity index (χ4v) is 2.98. The van der Waals surface area contributed by atoms with Crippen LogP contribution in [0.1, 0.15) is 21.3 Å². The molecule has 106 valence electrons. The molecule has 2 rings (SSSR count). The Kier molecular flexibility index (Phi) is 5.43. The van der Waals surface area contributed by atoms with Gasteiger partial charge in [-0.1, -0.05) is 41.4 Å². The highest BCUT2D eigenvalue weighted by Gasteiger charge is 2.16. The number of carbonyl (C=O) groups is 1. The Hall–Kier alpha value is -1.07. The van der Waals surface area contributed by atoms with Crippen molar-refractivity contribution in [2.24, 2.45) is 0 Å². The van der Waals surface area contributed by atoms with E-state index < -0.39 is 0 Å². The third-order valence-electron chi connectivity index (χ3n) is 2.78. The van der Waals surface area contributed by atoms with Crippen molar-refractivity contribution in [2.75, 3.05) is 13.7 Å². The smallest absolute Gasteiger partial charge is 0.261 e. The van der Waals surface area contributed by atoms with Crippen LogP contribution in [0.2, 0.25) is 9.36 Å². The SMILES string of the molecule is CO[C@H](CNC(=O)c1ccc(Cl)s1)c1ccccc1Cl. The number of methoxy groups -OCH3 is 1. The predicted molar refractivity (Wildman–Crippen MR) is 82.9 cm³/mol. The van der Waals surface area contributed by atoms with Crippen LogP contribution in [-0.4, -0.2) is 19.6 Å². The molecule has 0 aliphatic rings. The third kappa shape index (κ3) is 3.73. The molecule has 1 atom stereocenters. The average Bonchev–Trinajstić information content (AvgIpc) is 2.88. The summed E-state index contributed by atoms with van der Waals surface area (Å²) < 4.78 is 5.97. The van der Waals surface area contributed by atoms with Crippen LogP contribution in [0.3, 0.4) is 0 Å². The van der Waals surface area contributed by atoms with Gasteiger partial charge in [0.2, 0.25) is 0 Å². The minimum atomic E-state index is -0.289. The largest absolute Gasteiger partial charge is 0.375 e. The van der Waals surface area contributed by atoms with Gasteiger partial charge in [0.15, 0.2) is 0 Å². The minimum absolute atomic E-state index is 0.170. The van der Waals surface area contributed by atoms with E-state index in [0.717, 1.165) is 5.56 Å². The maximum Gasteiger partial charge on any atom is 0.261 e. The Morgan fingerprint density at radius 1 is 1.30 bits per heavy atom. The molecule has 1 aromatic heterocycles. The fourth-order valence-electron chi connectivity index (χ4n) is 1.77. The van der Waals surface area contributed by atoms with Gasteiger partial charge in [-0.2, -0.15) is 0 Å². The van der Waals surface area contributed by atoms with Crippen LogP contribution in [0.25, 0.3) is 0 Å². The van der Waals surface area contributed by atoms with E-state index in [9.17, 15) is 4.79 Å². The molecular formula is C14H13Cl2NO2S. The molecule has 2 aromatic rings. The van der Waals surface area contributed by atoms with Gasteiger partial charge in [0.1, 0.15) is 6.10 Å². The van der Waals surface area contributed by atoms with E-state index in [1.807, 2.05) is 18.2 Å². The van der Waals surface area contributed by atoms with E-state index in [1.54, 1.807) is 25.3 Å². The normalized spacial score (nSPS) is 12.2. The highest BCUT2D eigenvalue weighted by Crippen LogP contribution is 2.25. The number of rotatable bonds is 5. The molecule has 1 amide bonds. The molecule has 0 radical (unpaired) electrons. The first kappa shape index (κ1) is 15.3. The van der Waals surface area contributed by atoms with Crippen molar-refractivity contribution in [3.63, 3.8) is 0 Å². The number of nitrogens with one attached hydrogen (secondary N) is 1. The van der Waals surface area contributed by atoms with Crippen molar-refractivity contribution in [1.82, 2.24) is 5.32 Å². The average molecular weight is 330 g/mol. The van der Waals surface area contributed by atoms with Crippen LogP contribution in [0.15, 0.2) is 36.4 Å². The number of halogens is 2. The summed E-state index contributed by atoms with van der Waals surface area (Å²) in [5.74, 6) is -0.170. The quantitative estimate of drug-likeness (QED) is 0.893.